The van der Waals surface area contributed by atoms with Crippen LogP contribution in [-0.2, 0) is 4.79 Å². The number of carbonyl (C=O) groups excluding carboxylic acids is 1. The first-order chi connectivity index (χ1) is 5.48. The van der Waals surface area contributed by atoms with Crippen molar-refractivity contribution in [3.05, 3.63) is 0 Å². The molecule has 2 heteroatoms. The van der Waals surface area contributed by atoms with Crippen molar-refractivity contribution in [1.29, 1.82) is 0 Å². The minimum atomic E-state index is 0.112. The number of ketones is 1. The lowest BCUT2D eigenvalue weighted by molar-refractivity contribution is -0.118. The largest absolute Gasteiger partial charge is 0.319 e. The first kappa shape index (κ1) is 14.2. The molecule has 0 aliphatic carbocycles. The van der Waals surface area contributed by atoms with E-state index in [0.29, 0.717) is 6.42 Å². The van der Waals surface area contributed by atoms with Gasteiger partial charge in [-0.15, -0.1) is 0 Å². The van der Waals surface area contributed by atoms with Crippen molar-refractivity contribution in [3.63, 3.8) is 0 Å². The molecule has 0 amide bonds. The summed E-state index contributed by atoms with van der Waals surface area (Å²) in [4.78, 5) is 10.7. The second-order valence-electron chi connectivity index (χ2n) is 3.57. The van der Waals surface area contributed by atoms with Gasteiger partial charge in [-0.25, -0.2) is 0 Å². The first-order valence-corrected chi connectivity index (χ1v) is 4.62. The van der Waals surface area contributed by atoms with Crippen LogP contribution >= 0.6 is 0 Å². The summed E-state index contributed by atoms with van der Waals surface area (Å²) in [7, 11) is 1.90. The molecule has 0 fully saturated rings. The minimum absolute atomic E-state index is 0.112. The summed E-state index contributed by atoms with van der Waals surface area (Å²) in [6, 6.07) is 0. The Morgan fingerprint density at radius 2 is 1.75 bits per heavy atom. The van der Waals surface area contributed by atoms with Gasteiger partial charge >= 0.3 is 0 Å². The van der Waals surface area contributed by atoms with Gasteiger partial charge < -0.3 is 10.1 Å². The van der Waals surface area contributed by atoms with Crippen LogP contribution in [-0.4, -0.2) is 19.4 Å². The highest BCUT2D eigenvalue weighted by Gasteiger charge is 2.18. The van der Waals surface area contributed by atoms with Crippen molar-refractivity contribution in [2.75, 3.05) is 13.6 Å². The van der Waals surface area contributed by atoms with E-state index in [1.165, 1.54) is 0 Å². The van der Waals surface area contributed by atoms with Gasteiger partial charge in [0.05, 0.1) is 0 Å². The van der Waals surface area contributed by atoms with Crippen LogP contribution < -0.4 is 5.32 Å². The first-order valence-electron chi connectivity index (χ1n) is 4.62. The summed E-state index contributed by atoms with van der Waals surface area (Å²) in [6.45, 7) is 10.7. The van der Waals surface area contributed by atoms with Crippen molar-refractivity contribution in [2.45, 2.75) is 41.0 Å². The highest BCUT2D eigenvalue weighted by atomic mass is 16.1. The Bertz CT molecular complexity index is 119. The van der Waals surface area contributed by atoms with Crippen molar-refractivity contribution in [2.24, 2.45) is 5.41 Å². The molecule has 0 aromatic carbocycles. The van der Waals surface area contributed by atoms with Gasteiger partial charge in [0.1, 0.15) is 5.78 Å². The number of nitrogens with one attached hydrogen (secondary N) is 1. The predicted molar refractivity (Wildman–Crippen MR) is 54.4 cm³/mol. The van der Waals surface area contributed by atoms with Crippen molar-refractivity contribution >= 4 is 5.78 Å². The lowest BCUT2D eigenvalue weighted by Gasteiger charge is -2.22. The van der Waals surface area contributed by atoms with Gasteiger partial charge in [0.15, 0.2) is 0 Å². The summed E-state index contributed by atoms with van der Waals surface area (Å²) >= 11 is 0. The molecule has 0 rings (SSSR count). The van der Waals surface area contributed by atoms with E-state index in [4.69, 9.17) is 0 Å². The highest BCUT2D eigenvalue weighted by molar-refractivity contribution is 5.76. The van der Waals surface area contributed by atoms with Gasteiger partial charge in [0.25, 0.3) is 0 Å². The maximum absolute atomic E-state index is 10.7. The minimum Gasteiger partial charge on any atom is -0.319 e. The van der Waals surface area contributed by atoms with Crippen LogP contribution in [0.5, 0.6) is 0 Å². The summed E-state index contributed by atoms with van der Waals surface area (Å²) < 4.78 is 0. The highest BCUT2D eigenvalue weighted by Crippen LogP contribution is 2.18. The van der Waals surface area contributed by atoms with Gasteiger partial charge in [-0.05, 0) is 19.4 Å². The lowest BCUT2D eigenvalue weighted by Crippen LogP contribution is -2.28. The zero-order valence-electron chi connectivity index (χ0n) is 9.32. The van der Waals surface area contributed by atoms with Gasteiger partial charge in [-0.3, -0.25) is 0 Å². The summed E-state index contributed by atoms with van der Waals surface area (Å²) in [5.74, 6) is 0.264. The lowest BCUT2D eigenvalue weighted by atomic mass is 9.88. The van der Waals surface area contributed by atoms with Crippen molar-refractivity contribution < 1.29 is 4.79 Å². The van der Waals surface area contributed by atoms with Crippen LogP contribution in [0.2, 0.25) is 0 Å². The smallest absolute Gasteiger partial charge is 0.130 e. The molecule has 12 heavy (non-hydrogen) atoms. The van der Waals surface area contributed by atoms with Crippen LogP contribution in [0, 0.1) is 5.41 Å². The fourth-order valence-electron chi connectivity index (χ4n) is 1.21. The molecule has 0 aromatic heterocycles. The van der Waals surface area contributed by atoms with Crippen LogP contribution in [0.1, 0.15) is 41.0 Å². The number of Topliss-reactive ketones (excluding diaryl/α,β-unsaturated/α-hetero) is 1. The molecule has 0 aliphatic rings. The van der Waals surface area contributed by atoms with Crippen LogP contribution in [0.25, 0.3) is 0 Å². The van der Waals surface area contributed by atoms with E-state index in [1.54, 1.807) is 6.92 Å². The zero-order valence-corrected chi connectivity index (χ0v) is 9.32. The molecule has 0 spiro atoms. The Hall–Kier alpha value is -0.370. The molecule has 1 N–H and O–H groups in total. The van der Waals surface area contributed by atoms with Gasteiger partial charge in [0.2, 0.25) is 0 Å². The SMILES string of the molecule is CC.CNCC(C)(C)CC(C)=O. The van der Waals surface area contributed by atoms with E-state index in [0.717, 1.165) is 6.54 Å². The topological polar surface area (TPSA) is 29.1 Å². The van der Waals surface area contributed by atoms with Crippen molar-refractivity contribution in [1.82, 2.24) is 5.32 Å². The molecule has 0 aromatic rings. The van der Waals surface area contributed by atoms with Gasteiger partial charge in [-0.1, -0.05) is 27.7 Å². The summed E-state index contributed by atoms with van der Waals surface area (Å²) in [5, 5.41) is 3.06. The Balaban J connectivity index is 0. The fourth-order valence-corrected chi connectivity index (χ4v) is 1.21. The average molecular weight is 173 g/mol. The molecule has 0 heterocycles. The third kappa shape index (κ3) is 9.63. The molecule has 0 saturated heterocycles. The Morgan fingerprint density at radius 1 is 1.33 bits per heavy atom. The molecule has 0 aliphatic heterocycles. The summed E-state index contributed by atoms with van der Waals surface area (Å²) in [6.07, 6.45) is 0.661. The van der Waals surface area contributed by atoms with Gasteiger partial charge in [0, 0.05) is 13.0 Å². The molecule has 0 saturated carbocycles. The number of hydrogen-bond acceptors (Lipinski definition) is 2. The van der Waals surface area contributed by atoms with Gasteiger partial charge in [-0.2, -0.15) is 0 Å². The molecule has 74 valence electrons. The Labute approximate surface area is 76.7 Å². The molecule has 0 bridgehead atoms. The van der Waals surface area contributed by atoms with E-state index in [9.17, 15) is 4.79 Å². The van der Waals surface area contributed by atoms with E-state index in [-0.39, 0.29) is 11.2 Å². The maximum Gasteiger partial charge on any atom is 0.130 e. The van der Waals surface area contributed by atoms with Crippen LogP contribution in [0.15, 0.2) is 0 Å². The Morgan fingerprint density at radius 3 is 2.00 bits per heavy atom. The Kier molecular flexibility index (Phi) is 8.61. The maximum atomic E-state index is 10.7. The number of hydrogen-bond donors (Lipinski definition) is 1. The molecule has 2 nitrogen and oxygen atoms in total. The quantitative estimate of drug-likeness (QED) is 0.706. The third-order valence-electron chi connectivity index (χ3n) is 1.38. The second kappa shape index (κ2) is 7.29. The van der Waals surface area contributed by atoms with E-state index < -0.39 is 0 Å². The number of rotatable bonds is 4. The molecule has 0 radical (unpaired) electrons. The van der Waals surface area contributed by atoms with Crippen molar-refractivity contribution in [3.8, 4) is 0 Å². The van der Waals surface area contributed by atoms with E-state index >= 15 is 0 Å². The monoisotopic (exact) mass is 173 g/mol. The third-order valence-corrected chi connectivity index (χ3v) is 1.38. The van der Waals surface area contributed by atoms with Crippen LogP contribution in [0.3, 0.4) is 0 Å². The number of carbonyl (C=O) groups is 1. The van der Waals surface area contributed by atoms with E-state index in [1.807, 2.05) is 20.9 Å². The van der Waals surface area contributed by atoms with E-state index in [2.05, 4.69) is 19.2 Å². The molecule has 0 unspecified atom stereocenters. The molecule has 0 atom stereocenters. The molecular weight excluding hydrogens is 150 g/mol. The zero-order chi connectivity index (χ0) is 10.2. The normalized spacial score (nSPS) is 10.2. The average Bonchev–Trinajstić information content (AvgIpc) is 1.88. The van der Waals surface area contributed by atoms with Crippen LogP contribution in [0.4, 0.5) is 0 Å². The fraction of sp³-hybridized carbons (Fsp3) is 0.900. The predicted octanol–water partition coefficient (Wildman–Crippen LogP) is 2.24. The second-order valence-corrected chi connectivity index (χ2v) is 3.57. The molecular formula is C10H23NO. The standard InChI is InChI=1S/C8H17NO.C2H6/c1-7(10)5-8(2,3)6-9-4;1-2/h9H,5-6H2,1-4H3;1-2H3. The summed E-state index contributed by atoms with van der Waals surface area (Å²) in [5.41, 5.74) is 0.112.